The number of ketones is 2. The number of hydrogen-bond acceptors (Lipinski definition) is 4. The lowest BCUT2D eigenvalue weighted by Crippen LogP contribution is -2.51. The van der Waals surface area contributed by atoms with Crippen LogP contribution in [0.4, 0.5) is 15.8 Å². The number of hydrogen-bond donors (Lipinski definition) is 1. The van der Waals surface area contributed by atoms with Gasteiger partial charge in [0.2, 0.25) is 5.91 Å². The highest BCUT2D eigenvalue weighted by atomic mass is 35.5. The van der Waals surface area contributed by atoms with Gasteiger partial charge >= 0.3 is 0 Å². The second kappa shape index (κ2) is 9.25. The molecule has 4 aromatic carbocycles. The Morgan fingerprint density at radius 3 is 2.44 bits per heavy atom. The number of para-hydroxylation sites is 1. The van der Waals surface area contributed by atoms with E-state index in [9.17, 15) is 14.4 Å². The number of benzene rings is 4. The molecule has 0 aromatic heterocycles. The standard InChI is InChI=1S/C34H24ClFN2O3/c1-19-10-16-27-21(18-19)13-17-28-34(24-7-3-5-9-26(24)37-33(34)41)29(32(40)23-6-2-4-8-25(23)36)30(38(27)28)31(39)20-11-14-22(35)15-12-20/h2-18,28-30H,1H3,(H,37,41)/t28-,29+,30+,34-/m1/s1. The third-order valence-electron chi connectivity index (χ3n) is 8.61. The molecule has 5 nitrogen and oxygen atoms in total. The average Bonchev–Trinajstić information content (AvgIpc) is 3.45. The predicted molar refractivity (Wildman–Crippen MR) is 157 cm³/mol. The first-order valence-corrected chi connectivity index (χ1v) is 13.8. The van der Waals surface area contributed by atoms with E-state index in [1.165, 1.54) is 18.2 Å². The molecule has 0 saturated carbocycles. The molecule has 4 aromatic rings. The third kappa shape index (κ3) is 3.57. The van der Waals surface area contributed by atoms with Crippen molar-refractivity contribution < 1.29 is 18.8 Å². The molecule has 0 radical (unpaired) electrons. The quantitative estimate of drug-likeness (QED) is 0.283. The van der Waals surface area contributed by atoms with Crippen LogP contribution in [-0.2, 0) is 10.2 Å². The average molecular weight is 563 g/mol. The Morgan fingerprint density at radius 2 is 1.66 bits per heavy atom. The molecular formula is C34H24ClFN2O3. The van der Waals surface area contributed by atoms with Gasteiger partial charge in [0.25, 0.3) is 0 Å². The van der Waals surface area contributed by atoms with Crippen LogP contribution in [0.2, 0.25) is 5.02 Å². The van der Waals surface area contributed by atoms with Gasteiger partial charge in [-0.3, -0.25) is 14.4 Å². The normalized spacial score (nSPS) is 23.6. The zero-order chi connectivity index (χ0) is 28.5. The fraction of sp³-hybridized carbons (Fsp3) is 0.147. The van der Waals surface area contributed by atoms with Crippen molar-refractivity contribution >= 4 is 46.5 Å². The molecule has 202 valence electrons. The number of aryl methyl sites for hydroxylation is 1. The summed E-state index contributed by atoms with van der Waals surface area (Å²) in [7, 11) is 0. The van der Waals surface area contributed by atoms with Crippen molar-refractivity contribution in [1.29, 1.82) is 0 Å². The number of anilines is 2. The number of fused-ring (bicyclic) bond motifs is 6. The number of nitrogens with one attached hydrogen (secondary N) is 1. The minimum Gasteiger partial charge on any atom is -0.352 e. The van der Waals surface area contributed by atoms with Crippen molar-refractivity contribution in [1.82, 2.24) is 0 Å². The van der Waals surface area contributed by atoms with Crippen molar-refractivity contribution in [3.8, 4) is 0 Å². The van der Waals surface area contributed by atoms with Gasteiger partial charge in [-0.1, -0.05) is 65.7 Å². The molecular weight excluding hydrogens is 539 g/mol. The van der Waals surface area contributed by atoms with E-state index in [-0.39, 0.29) is 11.3 Å². The number of amides is 1. The van der Waals surface area contributed by atoms with Gasteiger partial charge in [-0.15, -0.1) is 0 Å². The van der Waals surface area contributed by atoms with Gasteiger partial charge in [0.1, 0.15) is 17.3 Å². The van der Waals surface area contributed by atoms with Crippen LogP contribution in [0.5, 0.6) is 0 Å². The van der Waals surface area contributed by atoms with Crippen LogP contribution in [0.25, 0.3) is 6.08 Å². The lowest BCUT2D eigenvalue weighted by molar-refractivity contribution is -0.121. The van der Waals surface area contributed by atoms with Gasteiger partial charge in [-0.2, -0.15) is 0 Å². The van der Waals surface area contributed by atoms with Crippen molar-refractivity contribution in [3.05, 3.63) is 136 Å². The molecule has 7 rings (SSSR count). The van der Waals surface area contributed by atoms with Crippen LogP contribution in [0, 0.1) is 18.7 Å². The molecule has 1 fully saturated rings. The molecule has 0 bridgehead atoms. The second-order valence-corrected chi connectivity index (χ2v) is 11.2. The molecule has 41 heavy (non-hydrogen) atoms. The maximum absolute atomic E-state index is 15.3. The molecule has 1 spiro atoms. The summed E-state index contributed by atoms with van der Waals surface area (Å²) in [6, 6.07) is 23.5. The van der Waals surface area contributed by atoms with Crippen molar-refractivity contribution in [3.63, 3.8) is 0 Å². The van der Waals surface area contributed by atoms with Crippen LogP contribution >= 0.6 is 11.6 Å². The minimum absolute atomic E-state index is 0.157. The van der Waals surface area contributed by atoms with Crippen molar-refractivity contribution in [2.45, 2.75) is 24.4 Å². The zero-order valence-corrected chi connectivity index (χ0v) is 22.7. The SMILES string of the molecule is Cc1ccc2c(c1)C=C[C@H]1N2[C@H](C(=O)c2ccc(Cl)cc2)[C@@H](C(=O)c2ccccc2F)[C@]12C(=O)Nc1ccccc12. The summed E-state index contributed by atoms with van der Waals surface area (Å²) in [4.78, 5) is 45.5. The van der Waals surface area contributed by atoms with E-state index in [0.29, 0.717) is 21.8 Å². The van der Waals surface area contributed by atoms with E-state index in [0.717, 1.165) is 16.8 Å². The van der Waals surface area contributed by atoms with Crippen molar-refractivity contribution in [2.75, 3.05) is 10.2 Å². The lowest BCUT2D eigenvalue weighted by atomic mass is 9.64. The molecule has 0 aliphatic carbocycles. The Bertz CT molecular complexity index is 1800. The predicted octanol–water partition coefficient (Wildman–Crippen LogP) is 6.64. The van der Waals surface area contributed by atoms with E-state index in [1.54, 1.807) is 36.4 Å². The van der Waals surface area contributed by atoms with E-state index in [2.05, 4.69) is 5.32 Å². The van der Waals surface area contributed by atoms with Gasteiger partial charge in [-0.25, -0.2) is 4.39 Å². The monoisotopic (exact) mass is 562 g/mol. The molecule has 7 heteroatoms. The third-order valence-corrected chi connectivity index (χ3v) is 8.86. The molecule has 1 saturated heterocycles. The number of carbonyl (C=O) groups excluding carboxylic acids is 3. The Morgan fingerprint density at radius 1 is 0.927 bits per heavy atom. The second-order valence-electron chi connectivity index (χ2n) is 10.8. The van der Waals surface area contributed by atoms with Crippen LogP contribution in [0.1, 0.15) is 37.4 Å². The first-order chi connectivity index (χ1) is 19.8. The highest BCUT2D eigenvalue weighted by Gasteiger charge is 2.70. The number of halogens is 2. The van der Waals surface area contributed by atoms with Crippen LogP contribution < -0.4 is 10.2 Å². The maximum atomic E-state index is 15.3. The first kappa shape index (κ1) is 25.4. The van der Waals surface area contributed by atoms with E-state index in [4.69, 9.17) is 11.6 Å². The highest BCUT2D eigenvalue weighted by Crippen LogP contribution is 2.58. The smallest absolute Gasteiger partial charge is 0.238 e. The maximum Gasteiger partial charge on any atom is 0.238 e. The molecule has 1 amide bonds. The summed E-state index contributed by atoms with van der Waals surface area (Å²) < 4.78 is 15.3. The van der Waals surface area contributed by atoms with Gasteiger partial charge < -0.3 is 10.2 Å². The fourth-order valence-electron chi connectivity index (χ4n) is 6.91. The molecule has 3 heterocycles. The van der Waals surface area contributed by atoms with Gasteiger partial charge in [0.15, 0.2) is 11.6 Å². The largest absolute Gasteiger partial charge is 0.352 e. The highest BCUT2D eigenvalue weighted by molar-refractivity contribution is 6.30. The van der Waals surface area contributed by atoms with Gasteiger partial charge in [-0.05, 0) is 72.6 Å². The van der Waals surface area contributed by atoms with Crippen LogP contribution in [0.15, 0.2) is 97.1 Å². The zero-order valence-electron chi connectivity index (χ0n) is 22.0. The van der Waals surface area contributed by atoms with E-state index >= 15 is 4.39 Å². The topological polar surface area (TPSA) is 66.5 Å². The summed E-state index contributed by atoms with van der Waals surface area (Å²) in [5, 5.41) is 3.44. The Hall–Kier alpha value is -4.55. The van der Waals surface area contributed by atoms with E-state index in [1.807, 2.05) is 60.4 Å². The van der Waals surface area contributed by atoms with Crippen molar-refractivity contribution in [2.24, 2.45) is 5.92 Å². The molecule has 4 atom stereocenters. The number of Topliss-reactive ketones (excluding diaryl/α,β-unsaturated/α-hetero) is 2. The fourth-order valence-corrected chi connectivity index (χ4v) is 7.04. The number of nitrogens with zero attached hydrogens (tertiary/aromatic N) is 1. The molecule has 1 N–H and O–H groups in total. The Labute approximate surface area is 241 Å². The lowest BCUT2D eigenvalue weighted by Gasteiger charge is -2.37. The molecule has 3 aliphatic heterocycles. The summed E-state index contributed by atoms with van der Waals surface area (Å²) in [5.74, 6) is -3.28. The first-order valence-electron chi connectivity index (χ1n) is 13.4. The van der Waals surface area contributed by atoms with Gasteiger partial charge in [0.05, 0.1) is 17.5 Å². The minimum atomic E-state index is -1.50. The summed E-state index contributed by atoms with van der Waals surface area (Å²) in [6.45, 7) is 1.98. The number of carbonyl (C=O) groups is 3. The molecule has 0 unspecified atom stereocenters. The molecule has 3 aliphatic rings. The van der Waals surface area contributed by atoms with Crippen LogP contribution in [-0.4, -0.2) is 29.6 Å². The summed E-state index contributed by atoms with van der Waals surface area (Å²) in [5.41, 5.74) is 2.51. The van der Waals surface area contributed by atoms with E-state index < -0.39 is 40.9 Å². The number of rotatable bonds is 4. The van der Waals surface area contributed by atoms with Crippen LogP contribution in [0.3, 0.4) is 0 Å². The Balaban J connectivity index is 1.55. The Kier molecular flexibility index (Phi) is 5.73. The summed E-state index contributed by atoms with van der Waals surface area (Å²) >= 11 is 6.14. The van der Waals surface area contributed by atoms with Gasteiger partial charge in [0, 0.05) is 22.0 Å². The summed E-state index contributed by atoms with van der Waals surface area (Å²) in [6.07, 6.45) is 3.85.